The molecule has 0 saturated heterocycles. The summed E-state index contributed by atoms with van der Waals surface area (Å²) in [5.41, 5.74) is 0.140. The molecule has 0 saturated carbocycles. The van der Waals surface area contributed by atoms with Crippen LogP contribution in [-0.4, -0.2) is 9.85 Å². The highest BCUT2D eigenvalue weighted by Crippen LogP contribution is 2.33. The second-order valence-corrected chi connectivity index (χ2v) is 4.67. The number of rotatable bonds is 4. The fraction of sp³-hybridized carbons (Fsp3) is 0. The van der Waals surface area contributed by atoms with Gasteiger partial charge in [0.15, 0.2) is 0 Å². The molecule has 0 amide bonds. The monoisotopic (exact) mass is 337 g/mol. The second kappa shape index (κ2) is 5.66. The Bertz CT molecular complexity index is 690. The third kappa shape index (κ3) is 2.91. The number of hydrogen-bond donors (Lipinski definition) is 1. The van der Waals surface area contributed by atoms with Crippen LogP contribution >= 0.6 is 15.9 Å². The Morgan fingerprint density at radius 1 is 0.950 bits per heavy atom. The fourth-order valence-corrected chi connectivity index (χ4v) is 1.98. The molecule has 0 aliphatic heterocycles. The maximum absolute atomic E-state index is 11.0. The molecule has 2 aromatic rings. The van der Waals surface area contributed by atoms with Gasteiger partial charge in [0.2, 0.25) is 0 Å². The minimum atomic E-state index is -0.671. The van der Waals surface area contributed by atoms with Gasteiger partial charge in [-0.25, -0.2) is 0 Å². The first-order chi connectivity index (χ1) is 9.49. The molecule has 0 aliphatic rings. The number of nitro benzene ring substituents is 2. The van der Waals surface area contributed by atoms with Crippen LogP contribution in [0.5, 0.6) is 0 Å². The van der Waals surface area contributed by atoms with Gasteiger partial charge >= 0.3 is 0 Å². The molecule has 0 bridgehead atoms. The molecule has 0 atom stereocenters. The minimum absolute atomic E-state index is 0.188. The maximum Gasteiger partial charge on any atom is 0.299 e. The van der Waals surface area contributed by atoms with E-state index in [-0.39, 0.29) is 17.1 Å². The number of anilines is 2. The Hall–Kier alpha value is -2.48. The van der Waals surface area contributed by atoms with E-state index in [0.717, 1.165) is 10.5 Å². The third-order valence-corrected chi connectivity index (χ3v) is 3.22. The molecule has 1 N–H and O–H groups in total. The number of nitro groups is 2. The molecule has 0 aliphatic carbocycles. The normalized spacial score (nSPS) is 10.1. The average molecular weight is 338 g/mol. The van der Waals surface area contributed by atoms with E-state index in [1.54, 1.807) is 24.3 Å². The van der Waals surface area contributed by atoms with Gasteiger partial charge < -0.3 is 5.32 Å². The lowest BCUT2D eigenvalue weighted by atomic mass is 10.2. The van der Waals surface area contributed by atoms with Crippen molar-refractivity contribution in [2.24, 2.45) is 0 Å². The summed E-state index contributed by atoms with van der Waals surface area (Å²) in [6.45, 7) is 0. The summed E-state index contributed by atoms with van der Waals surface area (Å²) in [5, 5.41) is 24.5. The van der Waals surface area contributed by atoms with Crippen molar-refractivity contribution in [3.05, 3.63) is 67.2 Å². The second-order valence-electron chi connectivity index (χ2n) is 3.82. The third-order valence-electron chi connectivity index (χ3n) is 2.53. The molecule has 8 heteroatoms. The van der Waals surface area contributed by atoms with Gasteiger partial charge in [0, 0.05) is 10.5 Å². The first-order valence-corrected chi connectivity index (χ1v) is 6.22. The van der Waals surface area contributed by atoms with Crippen LogP contribution in [-0.2, 0) is 0 Å². The minimum Gasteiger partial charge on any atom is -0.349 e. The van der Waals surface area contributed by atoms with Crippen LogP contribution in [0.3, 0.4) is 0 Å². The lowest BCUT2D eigenvalue weighted by Crippen LogP contribution is -1.99. The molecule has 0 aromatic heterocycles. The first-order valence-electron chi connectivity index (χ1n) is 5.43. The zero-order valence-electron chi connectivity index (χ0n) is 9.95. The van der Waals surface area contributed by atoms with E-state index in [1.807, 2.05) is 0 Å². The van der Waals surface area contributed by atoms with Crippen molar-refractivity contribution >= 4 is 38.7 Å². The predicted octanol–water partition coefficient (Wildman–Crippen LogP) is 4.01. The van der Waals surface area contributed by atoms with Crippen LogP contribution < -0.4 is 5.32 Å². The number of non-ortho nitro benzene ring substituents is 1. The van der Waals surface area contributed by atoms with E-state index >= 15 is 0 Å². The molecule has 0 radical (unpaired) electrons. The molecular formula is C12H8BrN3O4. The van der Waals surface area contributed by atoms with E-state index in [1.165, 1.54) is 12.1 Å². The Labute approximate surface area is 121 Å². The van der Waals surface area contributed by atoms with Gasteiger partial charge in [-0.3, -0.25) is 20.2 Å². The van der Waals surface area contributed by atoms with E-state index < -0.39 is 9.85 Å². The summed E-state index contributed by atoms with van der Waals surface area (Å²) in [6, 6.07) is 10.5. The smallest absolute Gasteiger partial charge is 0.299 e. The van der Waals surface area contributed by atoms with Crippen molar-refractivity contribution in [1.29, 1.82) is 0 Å². The fourth-order valence-electron chi connectivity index (χ4n) is 1.60. The van der Waals surface area contributed by atoms with Crippen LogP contribution in [0.25, 0.3) is 0 Å². The molecule has 0 spiro atoms. The number of halogens is 1. The summed E-state index contributed by atoms with van der Waals surface area (Å²) in [5.74, 6) is 0. The lowest BCUT2D eigenvalue weighted by Gasteiger charge is -2.08. The van der Waals surface area contributed by atoms with Crippen LogP contribution in [0, 0.1) is 20.2 Å². The SMILES string of the molecule is O=[N+]([O-])c1ccc(Nc2ccccc2Br)c([N+](=O)[O-])c1. The van der Waals surface area contributed by atoms with Crippen molar-refractivity contribution in [2.75, 3.05) is 5.32 Å². The summed E-state index contributed by atoms with van der Waals surface area (Å²) in [4.78, 5) is 20.3. The molecular weight excluding hydrogens is 330 g/mol. The highest BCUT2D eigenvalue weighted by Gasteiger charge is 2.19. The Balaban J connectivity index is 2.44. The van der Waals surface area contributed by atoms with Crippen molar-refractivity contribution in [1.82, 2.24) is 0 Å². The zero-order chi connectivity index (χ0) is 14.7. The standard InChI is InChI=1S/C12H8BrN3O4/c13-9-3-1-2-4-10(9)14-11-6-5-8(15(17)18)7-12(11)16(19)20/h1-7,14H. The van der Waals surface area contributed by atoms with Crippen LogP contribution in [0.1, 0.15) is 0 Å². The van der Waals surface area contributed by atoms with Gasteiger partial charge in [0.05, 0.1) is 21.6 Å². The largest absolute Gasteiger partial charge is 0.349 e. The molecule has 0 fully saturated rings. The lowest BCUT2D eigenvalue weighted by molar-refractivity contribution is -0.393. The molecule has 0 unspecified atom stereocenters. The topological polar surface area (TPSA) is 98.3 Å². The van der Waals surface area contributed by atoms with Gasteiger partial charge in [-0.05, 0) is 34.1 Å². The average Bonchev–Trinajstić information content (AvgIpc) is 2.41. The highest BCUT2D eigenvalue weighted by molar-refractivity contribution is 9.10. The van der Waals surface area contributed by atoms with Crippen molar-refractivity contribution in [3.8, 4) is 0 Å². The Kier molecular flexibility index (Phi) is 3.94. The zero-order valence-corrected chi connectivity index (χ0v) is 11.5. The summed E-state index contributed by atoms with van der Waals surface area (Å²) in [7, 11) is 0. The summed E-state index contributed by atoms with van der Waals surface area (Å²) in [6.07, 6.45) is 0. The number of benzene rings is 2. The molecule has 7 nitrogen and oxygen atoms in total. The highest BCUT2D eigenvalue weighted by atomic mass is 79.9. The van der Waals surface area contributed by atoms with E-state index in [2.05, 4.69) is 21.2 Å². The quantitative estimate of drug-likeness (QED) is 0.671. The van der Waals surface area contributed by atoms with Crippen molar-refractivity contribution in [3.63, 3.8) is 0 Å². The first kappa shape index (κ1) is 13.9. The molecule has 2 aromatic carbocycles. The van der Waals surface area contributed by atoms with Crippen LogP contribution in [0.2, 0.25) is 0 Å². The van der Waals surface area contributed by atoms with E-state index in [4.69, 9.17) is 0 Å². The number of para-hydroxylation sites is 1. The summed E-state index contributed by atoms with van der Waals surface area (Å²) < 4.78 is 0.729. The van der Waals surface area contributed by atoms with Gasteiger partial charge in [-0.2, -0.15) is 0 Å². The maximum atomic E-state index is 11.0. The molecule has 102 valence electrons. The Morgan fingerprint density at radius 2 is 1.65 bits per heavy atom. The van der Waals surface area contributed by atoms with Gasteiger partial charge in [0.25, 0.3) is 11.4 Å². The van der Waals surface area contributed by atoms with Crippen LogP contribution in [0.15, 0.2) is 46.9 Å². The Morgan fingerprint density at radius 3 is 2.25 bits per heavy atom. The number of nitrogens with one attached hydrogen (secondary N) is 1. The molecule has 2 rings (SSSR count). The molecule has 0 heterocycles. The number of hydrogen-bond acceptors (Lipinski definition) is 5. The predicted molar refractivity (Wildman–Crippen MR) is 77.2 cm³/mol. The molecule has 20 heavy (non-hydrogen) atoms. The van der Waals surface area contributed by atoms with Gasteiger partial charge in [0.1, 0.15) is 5.69 Å². The summed E-state index contributed by atoms with van der Waals surface area (Å²) >= 11 is 3.31. The number of nitrogens with zero attached hydrogens (tertiary/aromatic N) is 2. The van der Waals surface area contributed by atoms with Crippen molar-refractivity contribution in [2.45, 2.75) is 0 Å². The van der Waals surface area contributed by atoms with E-state index in [0.29, 0.717) is 5.69 Å². The van der Waals surface area contributed by atoms with E-state index in [9.17, 15) is 20.2 Å². The van der Waals surface area contributed by atoms with Crippen LogP contribution in [0.4, 0.5) is 22.7 Å². The van der Waals surface area contributed by atoms with Gasteiger partial charge in [-0.15, -0.1) is 0 Å². The van der Waals surface area contributed by atoms with Crippen molar-refractivity contribution < 1.29 is 9.85 Å². The van der Waals surface area contributed by atoms with Gasteiger partial charge in [-0.1, -0.05) is 12.1 Å².